The van der Waals surface area contributed by atoms with Crippen molar-refractivity contribution in [3.05, 3.63) is 23.9 Å². The summed E-state index contributed by atoms with van der Waals surface area (Å²) in [4.78, 5) is 30.9. The van der Waals surface area contributed by atoms with Crippen LogP contribution < -0.4 is 0 Å². The monoisotopic (exact) mass is 347 g/mol. The Morgan fingerprint density at radius 3 is 2.60 bits per heavy atom. The van der Waals surface area contributed by atoms with Gasteiger partial charge in [0.1, 0.15) is 6.04 Å². The molecule has 1 aliphatic heterocycles. The van der Waals surface area contributed by atoms with Crippen molar-refractivity contribution in [1.82, 2.24) is 15.0 Å². The number of allylic oxidation sites excluding steroid dienone is 2. The third-order valence-electron chi connectivity index (χ3n) is 5.11. The molecule has 1 aromatic heterocycles. The van der Waals surface area contributed by atoms with Crippen LogP contribution in [0.2, 0.25) is 0 Å². The molecule has 1 saturated heterocycles. The van der Waals surface area contributed by atoms with Crippen LogP contribution in [0, 0.1) is 11.8 Å². The number of hydrogen-bond donors (Lipinski definition) is 1. The van der Waals surface area contributed by atoms with Crippen molar-refractivity contribution >= 4 is 11.9 Å². The lowest BCUT2D eigenvalue weighted by molar-refractivity contribution is -0.152. The topological polar surface area (TPSA) is 96.5 Å². The van der Waals surface area contributed by atoms with Crippen molar-refractivity contribution in [2.75, 3.05) is 6.54 Å². The van der Waals surface area contributed by atoms with E-state index in [1.54, 1.807) is 4.90 Å². The molecule has 1 aliphatic carbocycles. The molecular formula is C18H25N3O4. The molecule has 0 aromatic carbocycles. The first-order valence-electron chi connectivity index (χ1n) is 9.00. The van der Waals surface area contributed by atoms with Crippen LogP contribution in [-0.4, -0.2) is 38.6 Å². The number of carbonyl (C=O) groups excluding carboxylic acids is 1. The zero-order chi connectivity index (χ0) is 18.0. The number of carboxylic acid groups (broad SMARTS) is 1. The first-order valence-corrected chi connectivity index (χ1v) is 9.00. The van der Waals surface area contributed by atoms with Crippen LogP contribution in [0.1, 0.15) is 69.6 Å². The summed E-state index contributed by atoms with van der Waals surface area (Å²) < 4.78 is 5.42. The second kappa shape index (κ2) is 7.37. The smallest absolute Gasteiger partial charge is 0.307 e. The quantitative estimate of drug-likeness (QED) is 0.841. The number of rotatable bonds is 4. The molecule has 3 atom stereocenters. The van der Waals surface area contributed by atoms with E-state index in [1.807, 2.05) is 26.0 Å². The Morgan fingerprint density at radius 2 is 1.96 bits per heavy atom. The summed E-state index contributed by atoms with van der Waals surface area (Å²) in [6.45, 7) is 4.59. The molecular weight excluding hydrogens is 322 g/mol. The van der Waals surface area contributed by atoms with Gasteiger partial charge in [0.25, 0.3) is 0 Å². The molecule has 0 saturated carbocycles. The van der Waals surface area contributed by atoms with Gasteiger partial charge >= 0.3 is 5.97 Å². The molecule has 1 N–H and O–H groups in total. The number of carbonyl (C=O) groups is 2. The number of hydrogen-bond acceptors (Lipinski definition) is 5. The van der Waals surface area contributed by atoms with Crippen LogP contribution in [0.5, 0.6) is 0 Å². The molecule has 7 nitrogen and oxygen atoms in total. The molecule has 1 aromatic rings. The van der Waals surface area contributed by atoms with Gasteiger partial charge in [0.15, 0.2) is 5.82 Å². The number of likely N-dealkylation sites (tertiary alicyclic amines) is 1. The minimum atomic E-state index is -0.906. The molecule has 0 unspecified atom stereocenters. The summed E-state index contributed by atoms with van der Waals surface area (Å²) in [5.74, 6) is -0.927. The number of amides is 1. The molecule has 25 heavy (non-hydrogen) atoms. The molecule has 1 amide bonds. The molecule has 3 rings (SSSR count). The van der Waals surface area contributed by atoms with Crippen LogP contribution in [0.4, 0.5) is 0 Å². The first-order chi connectivity index (χ1) is 12.0. The Morgan fingerprint density at radius 1 is 1.24 bits per heavy atom. The fourth-order valence-electron chi connectivity index (χ4n) is 3.64. The SMILES string of the molecule is CC(C)c1noc([C@@H]2CCCCN2C(=O)[C@@H]2CC=CC[C@H]2C(=O)O)n1. The Bertz CT molecular complexity index is 667. The average Bonchev–Trinajstić information content (AvgIpc) is 3.11. The highest BCUT2D eigenvalue weighted by atomic mass is 16.5. The minimum Gasteiger partial charge on any atom is -0.481 e. The fourth-order valence-corrected chi connectivity index (χ4v) is 3.64. The standard InChI is InChI=1S/C18H25N3O4/c1-11(2)15-19-16(25-20-15)14-9-5-6-10-21(14)17(22)12-7-3-4-8-13(12)18(23)24/h3-4,11-14H,5-10H2,1-2H3,(H,23,24)/t12-,13-,14+/m1/s1. The molecule has 136 valence electrons. The molecule has 7 heteroatoms. The zero-order valence-corrected chi connectivity index (χ0v) is 14.7. The van der Waals surface area contributed by atoms with E-state index in [0.717, 1.165) is 19.3 Å². The molecule has 2 heterocycles. The van der Waals surface area contributed by atoms with E-state index in [2.05, 4.69) is 10.1 Å². The summed E-state index contributed by atoms with van der Waals surface area (Å²) in [6.07, 6.45) is 7.30. The lowest BCUT2D eigenvalue weighted by Crippen LogP contribution is -2.45. The Labute approximate surface area is 147 Å². The van der Waals surface area contributed by atoms with Crippen LogP contribution in [0.15, 0.2) is 16.7 Å². The average molecular weight is 347 g/mol. The number of nitrogens with zero attached hydrogens (tertiary/aromatic N) is 3. The van der Waals surface area contributed by atoms with Crippen LogP contribution >= 0.6 is 0 Å². The lowest BCUT2D eigenvalue weighted by Gasteiger charge is -2.37. The van der Waals surface area contributed by atoms with Gasteiger partial charge in [-0.25, -0.2) is 0 Å². The predicted octanol–water partition coefficient (Wildman–Crippen LogP) is 2.91. The van der Waals surface area contributed by atoms with E-state index < -0.39 is 17.8 Å². The maximum atomic E-state index is 13.1. The van der Waals surface area contributed by atoms with Crippen molar-refractivity contribution in [2.24, 2.45) is 11.8 Å². The summed E-state index contributed by atoms with van der Waals surface area (Å²) in [5, 5.41) is 13.5. The van der Waals surface area contributed by atoms with Gasteiger partial charge in [-0.2, -0.15) is 4.98 Å². The van der Waals surface area contributed by atoms with Crippen molar-refractivity contribution in [1.29, 1.82) is 0 Å². The van der Waals surface area contributed by atoms with E-state index in [4.69, 9.17) is 4.52 Å². The highest BCUT2D eigenvalue weighted by molar-refractivity contribution is 5.85. The van der Waals surface area contributed by atoms with E-state index in [0.29, 0.717) is 31.1 Å². The highest BCUT2D eigenvalue weighted by Gasteiger charge is 2.40. The van der Waals surface area contributed by atoms with Crippen molar-refractivity contribution in [3.63, 3.8) is 0 Å². The summed E-state index contributed by atoms with van der Waals surface area (Å²) >= 11 is 0. The summed E-state index contributed by atoms with van der Waals surface area (Å²) in [5.41, 5.74) is 0. The van der Waals surface area contributed by atoms with Gasteiger partial charge in [0, 0.05) is 12.5 Å². The van der Waals surface area contributed by atoms with Crippen LogP contribution in [-0.2, 0) is 9.59 Å². The lowest BCUT2D eigenvalue weighted by atomic mass is 9.81. The van der Waals surface area contributed by atoms with Gasteiger partial charge in [-0.15, -0.1) is 0 Å². The Kier molecular flexibility index (Phi) is 5.20. The van der Waals surface area contributed by atoms with E-state index in [9.17, 15) is 14.7 Å². The number of aliphatic carboxylic acids is 1. The van der Waals surface area contributed by atoms with Crippen LogP contribution in [0.3, 0.4) is 0 Å². The van der Waals surface area contributed by atoms with Gasteiger partial charge < -0.3 is 14.5 Å². The normalized spacial score (nSPS) is 26.8. The van der Waals surface area contributed by atoms with Gasteiger partial charge in [-0.1, -0.05) is 31.2 Å². The fraction of sp³-hybridized carbons (Fsp3) is 0.667. The summed E-state index contributed by atoms with van der Waals surface area (Å²) in [7, 11) is 0. The van der Waals surface area contributed by atoms with Gasteiger partial charge in [-0.05, 0) is 32.1 Å². The molecule has 0 spiro atoms. The predicted molar refractivity (Wildman–Crippen MR) is 89.7 cm³/mol. The first kappa shape index (κ1) is 17.6. The number of carboxylic acids is 1. The molecule has 0 bridgehead atoms. The minimum absolute atomic E-state index is 0.106. The second-order valence-electron chi connectivity index (χ2n) is 7.18. The van der Waals surface area contributed by atoms with Crippen molar-refractivity contribution < 1.29 is 19.2 Å². The second-order valence-corrected chi connectivity index (χ2v) is 7.18. The van der Waals surface area contributed by atoms with Crippen molar-refractivity contribution in [2.45, 2.75) is 57.9 Å². The van der Waals surface area contributed by atoms with Gasteiger partial charge in [0.05, 0.1) is 11.8 Å². The Hall–Kier alpha value is -2.18. The summed E-state index contributed by atoms with van der Waals surface area (Å²) in [6, 6.07) is -0.249. The zero-order valence-electron chi connectivity index (χ0n) is 14.7. The largest absolute Gasteiger partial charge is 0.481 e. The van der Waals surface area contributed by atoms with Crippen LogP contribution in [0.25, 0.3) is 0 Å². The van der Waals surface area contributed by atoms with Gasteiger partial charge in [0.2, 0.25) is 11.8 Å². The van der Waals surface area contributed by atoms with E-state index in [1.165, 1.54) is 0 Å². The number of aromatic nitrogens is 2. The molecule has 1 fully saturated rings. The van der Waals surface area contributed by atoms with E-state index in [-0.39, 0.29) is 17.9 Å². The Balaban J connectivity index is 1.83. The van der Waals surface area contributed by atoms with Gasteiger partial charge in [-0.3, -0.25) is 9.59 Å². The third-order valence-corrected chi connectivity index (χ3v) is 5.11. The number of piperidine rings is 1. The maximum Gasteiger partial charge on any atom is 0.307 e. The highest BCUT2D eigenvalue weighted by Crippen LogP contribution is 2.35. The van der Waals surface area contributed by atoms with E-state index >= 15 is 0 Å². The third kappa shape index (κ3) is 3.60. The molecule has 2 aliphatic rings. The molecule has 0 radical (unpaired) electrons. The maximum absolute atomic E-state index is 13.1. The van der Waals surface area contributed by atoms with Crippen molar-refractivity contribution in [3.8, 4) is 0 Å².